The summed E-state index contributed by atoms with van der Waals surface area (Å²) >= 11 is 0. The average Bonchev–Trinajstić information content (AvgIpc) is 2.51. The highest BCUT2D eigenvalue weighted by Crippen LogP contribution is 2.11. The van der Waals surface area contributed by atoms with Crippen LogP contribution in [-0.4, -0.2) is 42.5 Å². The van der Waals surface area contributed by atoms with Crippen molar-refractivity contribution in [2.45, 2.75) is 39.7 Å². The maximum absolute atomic E-state index is 9.92. The molecular weight excluding hydrogens is 190 g/mol. The summed E-state index contributed by atoms with van der Waals surface area (Å²) in [6.45, 7) is 8.28. The summed E-state index contributed by atoms with van der Waals surface area (Å²) < 4.78 is 0. The lowest BCUT2D eigenvalue weighted by molar-refractivity contribution is -0.108. The van der Waals surface area contributed by atoms with Gasteiger partial charge in [-0.15, -0.1) is 0 Å². The fraction of sp³-hybridized carbons (Fsp3) is 0.917. The third kappa shape index (κ3) is 7.51. The van der Waals surface area contributed by atoms with Crippen LogP contribution in [-0.2, 0) is 4.79 Å². The number of β-amino-alcohol motifs (C(OH)–C–C–N with tert-alkyl or cyclic N) is 1. The Hall–Kier alpha value is -0.410. The van der Waals surface area contributed by atoms with Crippen molar-refractivity contribution in [3.63, 3.8) is 0 Å². The molecule has 1 aliphatic rings. The molecule has 3 heteroatoms. The van der Waals surface area contributed by atoms with E-state index in [1.807, 2.05) is 7.05 Å². The first-order valence-corrected chi connectivity index (χ1v) is 5.77. The summed E-state index contributed by atoms with van der Waals surface area (Å²) in [4.78, 5) is 12.0. The number of nitrogens with zero attached hydrogens (tertiary/aromatic N) is 1. The Morgan fingerprint density at radius 1 is 1.47 bits per heavy atom. The van der Waals surface area contributed by atoms with Crippen LogP contribution in [0.15, 0.2) is 0 Å². The number of aliphatic hydroxyl groups excluding tert-OH is 1. The monoisotopic (exact) mass is 215 g/mol. The quantitative estimate of drug-likeness (QED) is 0.726. The number of carbonyl (C=O) groups excluding carboxylic acids is 1. The van der Waals surface area contributed by atoms with Gasteiger partial charge in [-0.2, -0.15) is 0 Å². The van der Waals surface area contributed by atoms with Crippen molar-refractivity contribution in [1.82, 2.24) is 4.90 Å². The lowest BCUT2D eigenvalue weighted by atomic mass is 9.96. The Morgan fingerprint density at radius 3 is 2.20 bits per heavy atom. The summed E-state index contributed by atoms with van der Waals surface area (Å²) in [5, 5.41) is 8.86. The molecule has 0 radical (unpaired) electrons. The van der Waals surface area contributed by atoms with Gasteiger partial charge in [0, 0.05) is 19.5 Å². The number of likely N-dealkylation sites (N-methyl/N-ethyl adjacent to an activating group) is 1. The molecule has 2 atom stereocenters. The molecule has 90 valence electrons. The minimum absolute atomic E-state index is 0.0509. The van der Waals surface area contributed by atoms with Crippen molar-refractivity contribution in [1.29, 1.82) is 0 Å². The Labute approximate surface area is 93.5 Å². The first kappa shape index (κ1) is 14.6. The van der Waals surface area contributed by atoms with Gasteiger partial charge in [-0.3, -0.25) is 0 Å². The van der Waals surface area contributed by atoms with Crippen molar-refractivity contribution in [2.75, 3.05) is 20.1 Å². The molecule has 0 aromatic carbocycles. The van der Waals surface area contributed by atoms with Crippen molar-refractivity contribution in [3.8, 4) is 0 Å². The third-order valence-corrected chi connectivity index (χ3v) is 2.97. The first-order valence-electron chi connectivity index (χ1n) is 5.77. The fourth-order valence-corrected chi connectivity index (χ4v) is 1.34. The van der Waals surface area contributed by atoms with Gasteiger partial charge in [0.2, 0.25) is 0 Å². The molecule has 1 heterocycles. The van der Waals surface area contributed by atoms with Gasteiger partial charge in [-0.25, -0.2) is 0 Å². The van der Waals surface area contributed by atoms with Crippen molar-refractivity contribution in [3.05, 3.63) is 0 Å². The van der Waals surface area contributed by atoms with Crippen molar-refractivity contribution < 1.29 is 9.90 Å². The van der Waals surface area contributed by atoms with Crippen molar-refractivity contribution in [2.24, 2.45) is 11.8 Å². The smallest absolute Gasteiger partial charge is 0.120 e. The lowest BCUT2D eigenvalue weighted by Crippen LogP contribution is -2.15. The van der Waals surface area contributed by atoms with Gasteiger partial charge in [0.05, 0.1) is 6.10 Å². The van der Waals surface area contributed by atoms with Gasteiger partial charge in [0.15, 0.2) is 0 Å². The molecule has 0 saturated carbocycles. The van der Waals surface area contributed by atoms with Crippen LogP contribution in [0.2, 0.25) is 0 Å². The zero-order valence-corrected chi connectivity index (χ0v) is 10.4. The van der Waals surface area contributed by atoms with Crippen LogP contribution in [0.4, 0.5) is 0 Å². The molecule has 0 spiro atoms. The summed E-state index contributed by atoms with van der Waals surface area (Å²) in [6, 6.07) is 0. The molecule has 0 aromatic heterocycles. The second kappa shape index (κ2) is 7.83. The largest absolute Gasteiger partial charge is 0.392 e. The molecule has 0 amide bonds. The number of hydrogen-bond donors (Lipinski definition) is 1. The maximum Gasteiger partial charge on any atom is 0.120 e. The Kier molecular flexibility index (Phi) is 7.61. The number of likely N-dealkylation sites (tertiary alicyclic amines) is 1. The molecule has 0 aliphatic carbocycles. The Morgan fingerprint density at radius 2 is 2.07 bits per heavy atom. The van der Waals surface area contributed by atoms with E-state index in [4.69, 9.17) is 5.11 Å². The molecule has 0 aromatic rings. The van der Waals surface area contributed by atoms with Crippen LogP contribution in [0.3, 0.4) is 0 Å². The average molecular weight is 215 g/mol. The van der Waals surface area contributed by atoms with Crippen LogP contribution in [0.1, 0.15) is 33.6 Å². The van der Waals surface area contributed by atoms with E-state index < -0.39 is 0 Å². The summed E-state index contributed by atoms with van der Waals surface area (Å²) in [6.07, 6.45) is 2.60. The van der Waals surface area contributed by atoms with Crippen LogP contribution in [0, 0.1) is 11.8 Å². The van der Waals surface area contributed by atoms with E-state index in [1.165, 1.54) is 0 Å². The minimum Gasteiger partial charge on any atom is -0.392 e. The van der Waals surface area contributed by atoms with Crippen LogP contribution < -0.4 is 0 Å². The molecule has 2 unspecified atom stereocenters. The second-order valence-corrected chi connectivity index (χ2v) is 4.83. The zero-order chi connectivity index (χ0) is 11.8. The third-order valence-electron chi connectivity index (χ3n) is 2.97. The van der Waals surface area contributed by atoms with E-state index in [0.29, 0.717) is 18.3 Å². The van der Waals surface area contributed by atoms with Gasteiger partial charge in [-0.1, -0.05) is 20.8 Å². The van der Waals surface area contributed by atoms with Gasteiger partial charge < -0.3 is 14.8 Å². The van der Waals surface area contributed by atoms with Crippen LogP contribution >= 0.6 is 0 Å². The molecule has 1 fully saturated rings. The zero-order valence-electron chi connectivity index (χ0n) is 10.4. The van der Waals surface area contributed by atoms with Gasteiger partial charge in [-0.05, 0) is 25.3 Å². The van der Waals surface area contributed by atoms with E-state index in [9.17, 15) is 4.79 Å². The van der Waals surface area contributed by atoms with E-state index >= 15 is 0 Å². The van der Waals surface area contributed by atoms with Gasteiger partial charge >= 0.3 is 0 Å². The molecular formula is C12H25NO2. The highest BCUT2D eigenvalue weighted by molar-refractivity contribution is 5.49. The number of aliphatic hydroxyl groups is 1. The normalized spacial score (nSPS) is 23.5. The summed E-state index contributed by atoms with van der Waals surface area (Å²) in [5.41, 5.74) is 0. The molecule has 1 rings (SSSR count). The van der Waals surface area contributed by atoms with E-state index in [-0.39, 0.29) is 6.10 Å². The summed E-state index contributed by atoms with van der Waals surface area (Å²) in [5.74, 6) is 1.19. The van der Waals surface area contributed by atoms with Gasteiger partial charge in [0.25, 0.3) is 0 Å². The Balaban J connectivity index is 0.000000262. The van der Waals surface area contributed by atoms with Crippen LogP contribution in [0.5, 0.6) is 0 Å². The van der Waals surface area contributed by atoms with Gasteiger partial charge in [0.1, 0.15) is 6.29 Å². The molecule has 15 heavy (non-hydrogen) atoms. The van der Waals surface area contributed by atoms with Crippen LogP contribution in [0.25, 0.3) is 0 Å². The molecule has 1 saturated heterocycles. The standard InChI is InChI=1S/C7H14O.C5H11NO/c1-6(2)7(3)4-5-8;1-6-3-2-5(7)4-6/h5-7H,4H2,1-3H3;5,7H,2-4H2,1H3. The number of rotatable bonds is 3. The van der Waals surface area contributed by atoms with E-state index in [1.54, 1.807) is 0 Å². The number of aldehydes is 1. The highest BCUT2D eigenvalue weighted by atomic mass is 16.3. The predicted molar refractivity (Wildman–Crippen MR) is 62.8 cm³/mol. The first-order chi connectivity index (χ1) is 6.97. The number of hydrogen-bond acceptors (Lipinski definition) is 3. The second-order valence-electron chi connectivity index (χ2n) is 4.83. The molecule has 1 N–H and O–H groups in total. The van der Waals surface area contributed by atoms with E-state index in [2.05, 4.69) is 25.7 Å². The van der Waals surface area contributed by atoms with Crippen molar-refractivity contribution >= 4 is 6.29 Å². The topological polar surface area (TPSA) is 40.5 Å². The maximum atomic E-state index is 9.92. The molecule has 1 aliphatic heterocycles. The summed E-state index contributed by atoms with van der Waals surface area (Å²) in [7, 11) is 2.02. The SMILES string of the molecule is CC(C)C(C)CC=O.CN1CCC(O)C1. The Bertz CT molecular complexity index is 163. The lowest BCUT2D eigenvalue weighted by Gasteiger charge is -2.09. The van der Waals surface area contributed by atoms with E-state index in [0.717, 1.165) is 25.8 Å². The molecule has 0 bridgehead atoms. The highest BCUT2D eigenvalue weighted by Gasteiger charge is 2.15. The predicted octanol–water partition coefficient (Wildman–Crippen LogP) is 1.55. The fourth-order valence-electron chi connectivity index (χ4n) is 1.34. The minimum atomic E-state index is -0.0509. The molecule has 3 nitrogen and oxygen atoms in total. The number of carbonyl (C=O) groups is 1.